The van der Waals surface area contributed by atoms with Gasteiger partial charge in [0, 0.05) is 6.07 Å². The maximum atomic E-state index is 10.3. The Morgan fingerprint density at radius 1 is 1.50 bits per heavy atom. The first-order valence-corrected chi connectivity index (χ1v) is 3.71. The fourth-order valence-corrected chi connectivity index (χ4v) is 1.09. The Morgan fingerprint density at radius 2 is 2.17 bits per heavy atom. The summed E-state index contributed by atoms with van der Waals surface area (Å²) in [6.45, 7) is 0. The Balaban J connectivity index is 3.25. The second kappa shape index (κ2) is 3.40. The average Bonchev–Trinajstić information content (AvgIpc) is 2.05. The molecule has 0 aromatic heterocycles. The van der Waals surface area contributed by atoms with Crippen LogP contribution in [0.5, 0.6) is 0 Å². The fraction of sp³-hybridized carbons (Fsp3) is 0. The molecule has 0 atom stereocenters. The van der Waals surface area contributed by atoms with Crippen LogP contribution in [-0.4, -0.2) is 4.92 Å². The first-order chi connectivity index (χ1) is 5.65. The molecule has 12 heavy (non-hydrogen) atoms. The van der Waals surface area contributed by atoms with Gasteiger partial charge < -0.3 is 0 Å². The summed E-state index contributed by atoms with van der Waals surface area (Å²) in [6, 6.07) is 3.91. The van der Waals surface area contributed by atoms with Crippen molar-refractivity contribution in [3.63, 3.8) is 0 Å². The Hall–Kier alpha value is -1.30. The van der Waals surface area contributed by atoms with E-state index in [2.05, 4.69) is 21.1 Å². The van der Waals surface area contributed by atoms with E-state index < -0.39 is 4.92 Å². The van der Waals surface area contributed by atoms with Gasteiger partial charge >= 0.3 is 0 Å². The molecule has 0 aliphatic carbocycles. The van der Waals surface area contributed by atoms with Crippen LogP contribution in [-0.2, 0) is 0 Å². The van der Waals surface area contributed by atoms with E-state index in [1.165, 1.54) is 12.1 Å². The molecule has 1 aromatic carbocycles. The summed E-state index contributed by atoms with van der Waals surface area (Å²) in [7, 11) is 0. The summed E-state index contributed by atoms with van der Waals surface area (Å²) in [5.41, 5.74) is -0.114. The number of halogens is 1. The molecule has 0 heterocycles. The zero-order chi connectivity index (χ0) is 9.14. The smallest absolute Gasteiger partial charge is 0.258 e. The van der Waals surface area contributed by atoms with Crippen LogP contribution in [0, 0.1) is 15.0 Å². The minimum Gasteiger partial charge on any atom is -0.258 e. The van der Waals surface area contributed by atoms with Crippen molar-refractivity contribution in [1.29, 1.82) is 0 Å². The highest BCUT2D eigenvalue weighted by molar-refractivity contribution is 9.10. The molecular formula is C6H3BrN2O3. The Morgan fingerprint density at radius 3 is 2.67 bits per heavy atom. The summed E-state index contributed by atoms with van der Waals surface area (Å²) in [4.78, 5) is 19.7. The highest BCUT2D eigenvalue weighted by Gasteiger charge is 2.11. The fourth-order valence-electron chi connectivity index (χ4n) is 0.698. The maximum Gasteiger partial charge on any atom is 0.285 e. The van der Waals surface area contributed by atoms with Crippen molar-refractivity contribution in [1.82, 2.24) is 0 Å². The van der Waals surface area contributed by atoms with Gasteiger partial charge in [0.15, 0.2) is 0 Å². The van der Waals surface area contributed by atoms with Crippen LogP contribution in [0.1, 0.15) is 0 Å². The van der Waals surface area contributed by atoms with Crippen LogP contribution in [0.3, 0.4) is 0 Å². The topological polar surface area (TPSA) is 72.6 Å². The molecule has 1 rings (SSSR count). The molecule has 0 N–H and O–H groups in total. The van der Waals surface area contributed by atoms with Crippen molar-refractivity contribution in [2.75, 3.05) is 0 Å². The predicted molar refractivity (Wildman–Crippen MR) is 46.3 cm³/mol. The largest absolute Gasteiger partial charge is 0.285 e. The van der Waals surface area contributed by atoms with Gasteiger partial charge in [-0.1, -0.05) is 0 Å². The van der Waals surface area contributed by atoms with Gasteiger partial charge in [0.25, 0.3) is 5.69 Å². The molecule has 0 fully saturated rings. The lowest BCUT2D eigenvalue weighted by atomic mass is 10.3. The van der Waals surface area contributed by atoms with Crippen molar-refractivity contribution in [2.24, 2.45) is 5.18 Å². The molecule has 0 spiro atoms. The Bertz CT molecular complexity index is 340. The average molecular weight is 231 g/mol. The lowest BCUT2D eigenvalue weighted by Gasteiger charge is -1.93. The molecule has 0 aliphatic heterocycles. The van der Waals surface area contributed by atoms with Crippen LogP contribution in [0.2, 0.25) is 0 Å². The van der Waals surface area contributed by atoms with Gasteiger partial charge in [0.1, 0.15) is 5.69 Å². The van der Waals surface area contributed by atoms with Gasteiger partial charge in [0.2, 0.25) is 0 Å². The molecule has 0 saturated heterocycles. The summed E-state index contributed by atoms with van der Waals surface area (Å²) in [6.07, 6.45) is 0. The van der Waals surface area contributed by atoms with Crippen LogP contribution in [0.15, 0.2) is 27.8 Å². The Labute approximate surface area is 75.6 Å². The monoisotopic (exact) mass is 230 g/mol. The number of hydrogen-bond acceptors (Lipinski definition) is 4. The van der Waals surface area contributed by atoms with Crippen molar-refractivity contribution in [2.45, 2.75) is 0 Å². The van der Waals surface area contributed by atoms with Gasteiger partial charge in [-0.25, -0.2) is 0 Å². The van der Waals surface area contributed by atoms with E-state index in [-0.39, 0.29) is 11.4 Å². The van der Waals surface area contributed by atoms with E-state index in [0.717, 1.165) is 6.07 Å². The number of nitro groups is 1. The number of nitrogens with zero attached hydrogens (tertiary/aromatic N) is 2. The molecule has 5 nitrogen and oxygen atoms in total. The molecule has 62 valence electrons. The van der Waals surface area contributed by atoms with Crippen molar-refractivity contribution >= 4 is 27.3 Å². The van der Waals surface area contributed by atoms with E-state index in [1.54, 1.807) is 0 Å². The number of benzene rings is 1. The molecule has 1 aromatic rings. The van der Waals surface area contributed by atoms with Crippen molar-refractivity contribution < 1.29 is 4.92 Å². The lowest BCUT2D eigenvalue weighted by molar-refractivity contribution is -0.385. The number of nitro benzene ring substituents is 1. The molecule has 0 radical (unpaired) electrons. The van der Waals surface area contributed by atoms with Crippen LogP contribution in [0.4, 0.5) is 11.4 Å². The third-order valence-corrected chi connectivity index (χ3v) is 1.90. The molecule has 0 aliphatic rings. The first-order valence-electron chi connectivity index (χ1n) is 2.92. The van der Waals surface area contributed by atoms with Crippen molar-refractivity contribution in [3.05, 3.63) is 37.7 Å². The molecule has 0 unspecified atom stereocenters. The third kappa shape index (κ3) is 1.65. The normalized spacial score (nSPS) is 9.42. The second-order valence-electron chi connectivity index (χ2n) is 1.98. The molecule has 0 amide bonds. The highest BCUT2D eigenvalue weighted by Crippen LogP contribution is 2.28. The second-order valence-corrected chi connectivity index (χ2v) is 2.84. The summed E-state index contributed by atoms with van der Waals surface area (Å²) < 4.78 is 0.333. The van der Waals surface area contributed by atoms with E-state index in [1.807, 2.05) is 0 Å². The van der Waals surface area contributed by atoms with Crippen LogP contribution >= 0.6 is 15.9 Å². The molecule has 0 bridgehead atoms. The summed E-state index contributed by atoms with van der Waals surface area (Å²) in [5, 5.41) is 12.9. The number of hydrogen-bond donors (Lipinski definition) is 0. The number of rotatable bonds is 2. The molecule has 6 heteroatoms. The predicted octanol–water partition coefficient (Wildman–Crippen LogP) is 2.76. The highest BCUT2D eigenvalue weighted by atomic mass is 79.9. The molecule has 0 saturated carbocycles. The van der Waals surface area contributed by atoms with Gasteiger partial charge in [-0.3, -0.25) is 10.1 Å². The van der Waals surface area contributed by atoms with Gasteiger partial charge in [-0.2, -0.15) is 0 Å². The number of nitroso groups, excluding NO2 is 1. The zero-order valence-corrected chi connectivity index (χ0v) is 7.32. The molecular weight excluding hydrogens is 228 g/mol. The van der Waals surface area contributed by atoms with Gasteiger partial charge in [0.05, 0.1) is 9.40 Å². The third-order valence-electron chi connectivity index (χ3n) is 1.23. The van der Waals surface area contributed by atoms with E-state index >= 15 is 0 Å². The zero-order valence-electron chi connectivity index (χ0n) is 5.73. The lowest BCUT2D eigenvalue weighted by Crippen LogP contribution is -1.88. The minimum atomic E-state index is -0.585. The van der Waals surface area contributed by atoms with E-state index in [0.29, 0.717) is 4.47 Å². The van der Waals surface area contributed by atoms with Gasteiger partial charge in [-0.05, 0) is 33.2 Å². The summed E-state index contributed by atoms with van der Waals surface area (Å²) in [5.74, 6) is 0. The first kappa shape index (κ1) is 8.79. The SMILES string of the molecule is O=Nc1ccc(Br)c([N+](=O)[O-])c1. The summed E-state index contributed by atoms with van der Waals surface area (Å²) >= 11 is 2.97. The quantitative estimate of drug-likeness (QED) is 0.446. The van der Waals surface area contributed by atoms with Crippen LogP contribution in [0.25, 0.3) is 0 Å². The van der Waals surface area contributed by atoms with Crippen molar-refractivity contribution in [3.8, 4) is 0 Å². The Kier molecular flexibility index (Phi) is 2.49. The minimum absolute atomic E-state index is 0.0462. The maximum absolute atomic E-state index is 10.3. The van der Waals surface area contributed by atoms with E-state index in [4.69, 9.17) is 0 Å². The van der Waals surface area contributed by atoms with E-state index in [9.17, 15) is 15.0 Å². The van der Waals surface area contributed by atoms with Gasteiger partial charge in [-0.15, -0.1) is 4.91 Å². The van der Waals surface area contributed by atoms with Crippen LogP contribution < -0.4 is 0 Å². The standard InChI is InChI=1S/C6H3BrN2O3/c7-5-2-1-4(8-10)3-6(5)9(11)12/h1-3H.